The Hall–Kier alpha value is -0.890. The van der Waals surface area contributed by atoms with Crippen molar-refractivity contribution >= 4 is 0 Å². The van der Waals surface area contributed by atoms with Crippen molar-refractivity contribution in [3.05, 3.63) is 35.4 Å². The summed E-state index contributed by atoms with van der Waals surface area (Å²) in [6.45, 7) is 7.97. The summed E-state index contributed by atoms with van der Waals surface area (Å²) in [5, 5.41) is 3.32. The second-order valence-corrected chi connectivity index (χ2v) is 6.42. The van der Waals surface area contributed by atoms with Crippen molar-refractivity contribution in [2.24, 2.45) is 11.8 Å². The lowest BCUT2D eigenvalue weighted by Gasteiger charge is -2.34. The molecule has 2 atom stereocenters. The van der Waals surface area contributed by atoms with Gasteiger partial charge in [-0.3, -0.25) is 0 Å². The Morgan fingerprint density at radius 2 is 2.21 bits per heavy atom. The molecule has 0 saturated carbocycles. The molecule has 0 aliphatic carbocycles. The number of alkyl halides is 1. The summed E-state index contributed by atoms with van der Waals surface area (Å²) in [5.41, 5.74) is 0.875. The second-order valence-electron chi connectivity index (χ2n) is 6.42. The molecule has 0 radical (unpaired) electrons. The van der Waals surface area contributed by atoms with Crippen molar-refractivity contribution in [1.29, 1.82) is 0 Å². The van der Waals surface area contributed by atoms with Crippen LogP contribution in [0.15, 0.2) is 24.3 Å². The summed E-state index contributed by atoms with van der Waals surface area (Å²) in [4.78, 5) is 0. The Morgan fingerprint density at radius 3 is 2.84 bits per heavy atom. The van der Waals surface area contributed by atoms with E-state index in [1.165, 1.54) is 5.56 Å². The van der Waals surface area contributed by atoms with Crippen molar-refractivity contribution in [3.63, 3.8) is 0 Å². The molecule has 1 aromatic carbocycles. The zero-order valence-electron chi connectivity index (χ0n) is 12.4. The van der Waals surface area contributed by atoms with Crippen LogP contribution in [0.4, 0.5) is 4.39 Å². The molecule has 1 nitrogen and oxygen atoms in total. The molecule has 1 saturated heterocycles. The lowest BCUT2D eigenvalue weighted by molar-refractivity contribution is 0.0811. The third kappa shape index (κ3) is 3.56. The van der Waals surface area contributed by atoms with Gasteiger partial charge in [-0.25, -0.2) is 4.39 Å². The van der Waals surface area contributed by atoms with E-state index in [9.17, 15) is 0 Å². The highest BCUT2D eigenvalue weighted by Gasteiger charge is 2.36. The van der Waals surface area contributed by atoms with Crippen molar-refractivity contribution in [2.45, 2.75) is 45.7 Å². The van der Waals surface area contributed by atoms with Crippen LogP contribution in [0.1, 0.15) is 44.7 Å². The average Bonchev–Trinajstić information content (AvgIpc) is 2.39. The maximum atomic E-state index is 15.2. The number of benzene rings is 1. The number of piperidine rings is 1. The monoisotopic (exact) mass is 263 g/mol. The van der Waals surface area contributed by atoms with Crippen LogP contribution < -0.4 is 5.32 Å². The number of nitrogens with one attached hydrogen (secondary N) is 1. The molecule has 0 bridgehead atoms. The molecule has 1 aliphatic heterocycles. The van der Waals surface area contributed by atoms with Gasteiger partial charge in [0.25, 0.3) is 0 Å². The van der Waals surface area contributed by atoms with Crippen molar-refractivity contribution in [3.8, 4) is 0 Å². The van der Waals surface area contributed by atoms with E-state index in [4.69, 9.17) is 0 Å². The molecular weight excluding hydrogens is 237 g/mol. The van der Waals surface area contributed by atoms with Crippen molar-refractivity contribution in [2.75, 3.05) is 13.1 Å². The van der Waals surface area contributed by atoms with Crippen LogP contribution in [0.25, 0.3) is 0 Å². The van der Waals surface area contributed by atoms with E-state index < -0.39 is 5.67 Å². The van der Waals surface area contributed by atoms with Gasteiger partial charge in [0, 0.05) is 12.5 Å². The topological polar surface area (TPSA) is 12.0 Å². The molecule has 2 rings (SSSR count). The minimum absolute atomic E-state index is 0.0931. The number of hydrogen-bond acceptors (Lipinski definition) is 1. The first-order valence-electron chi connectivity index (χ1n) is 7.49. The van der Waals surface area contributed by atoms with E-state index in [-0.39, 0.29) is 5.92 Å². The fraction of sp³-hybridized carbons (Fsp3) is 0.647. The molecule has 19 heavy (non-hydrogen) atoms. The van der Waals surface area contributed by atoms with E-state index in [1.807, 2.05) is 12.1 Å². The summed E-state index contributed by atoms with van der Waals surface area (Å²) < 4.78 is 15.2. The van der Waals surface area contributed by atoms with E-state index in [1.54, 1.807) is 6.92 Å². The number of halogens is 1. The smallest absolute Gasteiger partial charge is 0.137 e. The Balaban J connectivity index is 2.18. The summed E-state index contributed by atoms with van der Waals surface area (Å²) in [6.07, 6.45) is 3.08. The summed E-state index contributed by atoms with van der Waals surface area (Å²) in [6, 6.07) is 8.12. The fourth-order valence-electron chi connectivity index (χ4n) is 3.02. The molecule has 1 aliphatic rings. The van der Waals surface area contributed by atoms with E-state index >= 15 is 4.39 Å². The molecule has 0 spiro atoms. The van der Waals surface area contributed by atoms with Crippen LogP contribution in [-0.4, -0.2) is 13.1 Å². The highest BCUT2D eigenvalue weighted by atomic mass is 19.1. The summed E-state index contributed by atoms with van der Waals surface area (Å²) in [5.74, 6) is 0.702. The molecule has 1 aromatic rings. The standard InChI is InChI=1S/C17H26FN/c1-13(2)10-14-6-4-7-15(11-14)17(3,18)16-8-5-9-19-12-16/h4,6-7,11,13,16,19H,5,8-10,12H2,1-3H3. The van der Waals surface area contributed by atoms with Crippen LogP contribution in [0, 0.1) is 11.8 Å². The molecule has 0 amide bonds. The molecule has 1 N–H and O–H groups in total. The lowest BCUT2D eigenvalue weighted by atomic mass is 9.79. The Labute approximate surface area is 116 Å². The zero-order chi connectivity index (χ0) is 13.9. The van der Waals surface area contributed by atoms with Gasteiger partial charge in [-0.1, -0.05) is 38.1 Å². The van der Waals surface area contributed by atoms with Gasteiger partial charge in [0.15, 0.2) is 0 Å². The van der Waals surface area contributed by atoms with E-state index in [0.29, 0.717) is 5.92 Å². The van der Waals surface area contributed by atoms with Gasteiger partial charge in [0.05, 0.1) is 0 Å². The second kappa shape index (κ2) is 6.04. The van der Waals surface area contributed by atoms with Gasteiger partial charge in [-0.05, 0) is 49.8 Å². The molecule has 1 fully saturated rings. The Kier molecular flexibility index (Phi) is 4.62. The molecule has 2 heteroatoms. The lowest BCUT2D eigenvalue weighted by Crippen LogP contribution is -2.40. The first-order valence-corrected chi connectivity index (χ1v) is 7.49. The normalized spacial score (nSPS) is 23.3. The van der Waals surface area contributed by atoms with Gasteiger partial charge < -0.3 is 5.32 Å². The van der Waals surface area contributed by atoms with Crippen molar-refractivity contribution < 1.29 is 4.39 Å². The third-order valence-corrected chi connectivity index (χ3v) is 4.20. The van der Waals surface area contributed by atoms with Crippen molar-refractivity contribution in [1.82, 2.24) is 5.32 Å². The Bertz CT molecular complexity index is 405. The minimum atomic E-state index is -1.22. The van der Waals surface area contributed by atoms with Gasteiger partial charge in [0.1, 0.15) is 5.67 Å². The van der Waals surface area contributed by atoms with Crippen LogP contribution in [0.3, 0.4) is 0 Å². The van der Waals surface area contributed by atoms with Crippen LogP contribution in [-0.2, 0) is 12.1 Å². The van der Waals surface area contributed by atoms with Gasteiger partial charge in [0.2, 0.25) is 0 Å². The molecule has 1 heterocycles. The third-order valence-electron chi connectivity index (χ3n) is 4.20. The maximum Gasteiger partial charge on any atom is 0.137 e. The number of hydrogen-bond donors (Lipinski definition) is 1. The molecule has 2 unspecified atom stereocenters. The predicted octanol–water partition coefficient (Wildman–Crippen LogP) is 4.07. The summed E-state index contributed by atoms with van der Waals surface area (Å²) in [7, 11) is 0. The first kappa shape index (κ1) is 14.5. The highest BCUT2D eigenvalue weighted by Crippen LogP contribution is 2.37. The predicted molar refractivity (Wildman–Crippen MR) is 79.0 cm³/mol. The molecular formula is C17H26FN. The zero-order valence-corrected chi connectivity index (χ0v) is 12.4. The van der Waals surface area contributed by atoms with E-state index in [0.717, 1.165) is 37.9 Å². The molecule has 0 aromatic heterocycles. The van der Waals surface area contributed by atoms with Gasteiger partial charge in [-0.15, -0.1) is 0 Å². The van der Waals surface area contributed by atoms with Gasteiger partial charge >= 0.3 is 0 Å². The molecule has 106 valence electrons. The fourth-order valence-corrected chi connectivity index (χ4v) is 3.02. The van der Waals surface area contributed by atoms with E-state index in [2.05, 4.69) is 31.3 Å². The summed E-state index contributed by atoms with van der Waals surface area (Å²) >= 11 is 0. The minimum Gasteiger partial charge on any atom is -0.316 e. The number of rotatable bonds is 4. The highest BCUT2D eigenvalue weighted by molar-refractivity contribution is 5.29. The van der Waals surface area contributed by atoms with Gasteiger partial charge in [-0.2, -0.15) is 0 Å². The largest absolute Gasteiger partial charge is 0.316 e. The SMILES string of the molecule is CC(C)Cc1cccc(C(C)(F)C2CCCNC2)c1. The average molecular weight is 263 g/mol. The Morgan fingerprint density at radius 1 is 1.42 bits per heavy atom. The quantitative estimate of drug-likeness (QED) is 0.863. The first-order chi connectivity index (χ1) is 9.00. The van der Waals surface area contributed by atoms with Crippen LogP contribution in [0.5, 0.6) is 0 Å². The maximum absolute atomic E-state index is 15.2. The van der Waals surface area contributed by atoms with Crippen LogP contribution in [0.2, 0.25) is 0 Å². The van der Waals surface area contributed by atoms with Crippen LogP contribution >= 0.6 is 0 Å².